The minimum atomic E-state index is -0.795. The summed E-state index contributed by atoms with van der Waals surface area (Å²) in [4.78, 5) is 2.60. The molecule has 2 aromatic rings. The number of fused-ring (bicyclic) bond motifs is 2. The molecule has 2 aliphatic rings. The first-order chi connectivity index (χ1) is 13.1. The molecule has 2 aliphatic heterocycles. The van der Waals surface area contributed by atoms with E-state index in [2.05, 4.69) is 28.5 Å². The van der Waals surface area contributed by atoms with Gasteiger partial charge in [0, 0.05) is 42.0 Å². The standard InChI is InChI=1S/C22H31N3O2/c1-4-11-25-16(2)17(14-23-25)15-24-18-9-10-19(24)13-22(26,12-18)20-7-5-6-8-21(20)27-3/h5-8,14,18-19,26H,4,9-13,15H2,1-3H3/t18-,19-/m0/s1. The lowest BCUT2D eigenvalue weighted by atomic mass is 9.80. The van der Waals surface area contributed by atoms with Crippen LogP contribution < -0.4 is 4.74 Å². The minimum absolute atomic E-state index is 0.410. The number of piperidine rings is 1. The van der Waals surface area contributed by atoms with Crippen molar-refractivity contribution in [3.63, 3.8) is 0 Å². The molecule has 27 heavy (non-hydrogen) atoms. The van der Waals surface area contributed by atoms with Crippen molar-refractivity contribution in [2.75, 3.05) is 7.11 Å². The Morgan fingerprint density at radius 1 is 1.22 bits per heavy atom. The molecule has 2 saturated heterocycles. The Morgan fingerprint density at radius 3 is 2.59 bits per heavy atom. The second kappa shape index (κ2) is 7.28. The molecule has 0 saturated carbocycles. The van der Waals surface area contributed by atoms with E-state index < -0.39 is 5.60 Å². The highest BCUT2D eigenvalue weighted by Crippen LogP contribution is 2.48. The average molecular weight is 370 g/mol. The van der Waals surface area contributed by atoms with Crippen molar-refractivity contribution in [1.29, 1.82) is 0 Å². The number of hydrogen-bond donors (Lipinski definition) is 1. The van der Waals surface area contributed by atoms with E-state index in [9.17, 15) is 5.11 Å². The molecule has 5 nitrogen and oxygen atoms in total. The van der Waals surface area contributed by atoms with Gasteiger partial charge in [-0.1, -0.05) is 25.1 Å². The van der Waals surface area contributed by atoms with Gasteiger partial charge in [-0.15, -0.1) is 0 Å². The van der Waals surface area contributed by atoms with E-state index in [-0.39, 0.29) is 0 Å². The van der Waals surface area contributed by atoms with Crippen LogP contribution in [0.5, 0.6) is 5.75 Å². The summed E-state index contributed by atoms with van der Waals surface area (Å²) in [5.41, 5.74) is 2.75. The van der Waals surface area contributed by atoms with E-state index >= 15 is 0 Å². The van der Waals surface area contributed by atoms with Crippen LogP contribution in [-0.4, -0.2) is 39.0 Å². The Hall–Kier alpha value is -1.85. The lowest BCUT2D eigenvalue weighted by Gasteiger charge is -2.44. The zero-order valence-corrected chi connectivity index (χ0v) is 16.7. The Morgan fingerprint density at radius 2 is 1.93 bits per heavy atom. The molecule has 0 unspecified atom stereocenters. The summed E-state index contributed by atoms with van der Waals surface area (Å²) in [6.45, 7) is 6.28. The number of aliphatic hydroxyl groups is 1. The third kappa shape index (κ3) is 3.27. The number of rotatable bonds is 6. The molecule has 1 aromatic carbocycles. The highest BCUT2D eigenvalue weighted by Gasteiger charge is 2.49. The van der Waals surface area contributed by atoms with E-state index in [1.165, 1.54) is 11.3 Å². The first kappa shape index (κ1) is 18.5. The van der Waals surface area contributed by atoms with Crippen molar-refractivity contribution in [2.24, 2.45) is 0 Å². The number of benzene rings is 1. The lowest BCUT2D eigenvalue weighted by molar-refractivity contribution is -0.0607. The first-order valence-corrected chi connectivity index (χ1v) is 10.2. The fourth-order valence-electron chi connectivity index (χ4n) is 5.10. The fraction of sp³-hybridized carbons (Fsp3) is 0.591. The predicted molar refractivity (Wildman–Crippen MR) is 106 cm³/mol. The maximum absolute atomic E-state index is 11.5. The maximum Gasteiger partial charge on any atom is 0.124 e. The minimum Gasteiger partial charge on any atom is -0.496 e. The zero-order valence-electron chi connectivity index (χ0n) is 16.7. The number of methoxy groups -OCH3 is 1. The molecule has 1 N–H and O–H groups in total. The molecule has 2 atom stereocenters. The van der Waals surface area contributed by atoms with Gasteiger partial charge < -0.3 is 9.84 Å². The van der Waals surface area contributed by atoms with Crippen molar-refractivity contribution in [2.45, 2.75) is 76.7 Å². The Bertz CT molecular complexity index is 787. The maximum atomic E-state index is 11.5. The summed E-state index contributed by atoms with van der Waals surface area (Å²) in [6.07, 6.45) is 6.99. The number of aromatic nitrogens is 2. The molecule has 0 aliphatic carbocycles. The van der Waals surface area contributed by atoms with Gasteiger partial charge in [0.25, 0.3) is 0 Å². The molecule has 2 bridgehead atoms. The molecular formula is C22H31N3O2. The summed E-state index contributed by atoms with van der Waals surface area (Å²) in [6, 6.07) is 8.75. The number of ether oxygens (including phenoxy) is 1. The summed E-state index contributed by atoms with van der Waals surface area (Å²) < 4.78 is 7.65. The normalized spacial score (nSPS) is 27.9. The second-order valence-corrected chi connectivity index (χ2v) is 8.18. The Balaban J connectivity index is 1.54. The van der Waals surface area contributed by atoms with Gasteiger partial charge in [0.05, 0.1) is 18.9 Å². The van der Waals surface area contributed by atoms with E-state index in [1.807, 2.05) is 30.5 Å². The molecule has 4 rings (SSSR count). The van der Waals surface area contributed by atoms with Crippen LogP contribution >= 0.6 is 0 Å². The molecular weight excluding hydrogens is 338 g/mol. The zero-order chi connectivity index (χ0) is 19.0. The molecule has 1 aromatic heterocycles. The van der Waals surface area contributed by atoms with Crippen LogP contribution in [0.25, 0.3) is 0 Å². The van der Waals surface area contributed by atoms with Crippen molar-refractivity contribution in [3.05, 3.63) is 47.3 Å². The van der Waals surface area contributed by atoms with Crippen molar-refractivity contribution >= 4 is 0 Å². The number of hydrogen-bond acceptors (Lipinski definition) is 4. The third-order valence-corrected chi connectivity index (χ3v) is 6.52. The van der Waals surface area contributed by atoms with Crippen LogP contribution in [0.3, 0.4) is 0 Å². The fourth-order valence-corrected chi connectivity index (χ4v) is 5.10. The van der Waals surface area contributed by atoms with Gasteiger partial charge in [0.1, 0.15) is 5.75 Å². The Labute approximate surface area is 161 Å². The van der Waals surface area contributed by atoms with Gasteiger partial charge in [-0.05, 0) is 45.1 Å². The van der Waals surface area contributed by atoms with Gasteiger partial charge >= 0.3 is 0 Å². The topological polar surface area (TPSA) is 50.5 Å². The molecule has 0 amide bonds. The van der Waals surface area contributed by atoms with Gasteiger partial charge in [-0.25, -0.2) is 0 Å². The van der Waals surface area contributed by atoms with Crippen LogP contribution in [0.2, 0.25) is 0 Å². The first-order valence-electron chi connectivity index (χ1n) is 10.2. The number of nitrogens with zero attached hydrogens (tertiary/aromatic N) is 3. The largest absolute Gasteiger partial charge is 0.496 e. The number of para-hydroxylation sites is 1. The van der Waals surface area contributed by atoms with Gasteiger partial charge in [0.2, 0.25) is 0 Å². The summed E-state index contributed by atoms with van der Waals surface area (Å²) >= 11 is 0. The Kier molecular flexibility index (Phi) is 4.99. The van der Waals surface area contributed by atoms with Crippen LogP contribution in [0.1, 0.15) is 55.8 Å². The van der Waals surface area contributed by atoms with E-state index in [1.54, 1.807) is 7.11 Å². The summed E-state index contributed by atoms with van der Waals surface area (Å²) in [7, 11) is 1.68. The highest BCUT2D eigenvalue weighted by molar-refractivity contribution is 5.39. The lowest BCUT2D eigenvalue weighted by Crippen LogP contribution is -2.49. The summed E-state index contributed by atoms with van der Waals surface area (Å²) in [5, 5.41) is 16.1. The molecule has 0 radical (unpaired) electrons. The van der Waals surface area contributed by atoms with Crippen molar-refractivity contribution < 1.29 is 9.84 Å². The average Bonchev–Trinajstić information content (AvgIpc) is 3.13. The van der Waals surface area contributed by atoms with Gasteiger partial charge in [-0.3, -0.25) is 9.58 Å². The van der Waals surface area contributed by atoms with Crippen molar-refractivity contribution in [3.8, 4) is 5.75 Å². The predicted octanol–water partition coefficient (Wildman–Crippen LogP) is 3.62. The molecule has 2 fully saturated rings. The number of aryl methyl sites for hydroxylation is 1. The van der Waals surface area contributed by atoms with Gasteiger partial charge in [0.15, 0.2) is 0 Å². The molecule has 146 valence electrons. The van der Waals surface area contributed by atoms with E-state index in [4.69, 9.17) is 4.74 Å². The second-order valence-electron chi connectivity index (χ2n) is 8.18. The van der Waals surface area contributed by atoms with Crippen LogP contribution in [-0.2, 0) is 18.7 Å². The molecule has 5 heteroatoms. The highest BCUT2D eigenvalue weighted by atomic mass is 16.5. The van der Waals surface area contributed by atoms with Crippen molar-refractivity contribution in [1.82, 2.24) is 14.7 Å². The molecule has 3 heterocycles. The van der Waals surface area contributed by atoms with Crippen LogP contribution in [0.4, 0.5) is 0 Å². The monoisotopic (exact) mass is 369 g/mol. The third-order valence-electron chi connectivity index (χ3n) is 6.52. The SMILES string of the molecule is CCCn1ncc(CN2[C@H]3CC[C@H]2CC(O)(c2ccccc2OC)C3)c1C. The quantitative estimate of drug-likeness (QED) is 0.845. The van der Waals surface area contributed by atoms with Crippen LogP contribution in [0.15, 0.2) is 30.5 Å². The van der Waals surface area contributed by atoms with E-state index in [0.29, 0.717) is 12.1 Å². The smallest absolute Gasteiger partial charge is 0.124 e. The van der Waals surface area contributed by atoms with Gasteiger partial charge in [-0.2, -0.15) is 5.10 Å². The van der Waals surface area contributed by atoms with E-state index in [0.717, 1.165) is 56.5 Å². The summed E-state index contributed by atoms with van der Waals surface area (Å²) in [5.74, 6) is 0.796. The molecule has 0 spiro atoms. The van der Waals surface area contributed by atoms with Crippen LogP contribution in [0, 0.1) is 6.92 Å².